The Morgan fingerprint density at radius 3 is 1.23 bits per heavy atom. The molecule has 0 aromatic heterocycles. The van der Waals surface area contributed by atoms with Gasteiger partial charge >= 0.3 is 12.1 Å². The van der Waals surface area contributed by atoms with Gasteiger partial charge < -0.3 is 34.6 Å². The predicted octanol–water partition coefficient (Wildman–Crippen LogP) is 21.4. The first-order valence-corrected chi connectivity index (χ1v) is 42.8. The van der Waals surface area contributed by atoms with Crippen molar-refractivity contribution in [3.63, 3.8) is 0 Å². The van der Waals surface area contributed by atoms with Gasteiger partial charge in [-0.2, -0.15) is 0 Å². The quantitative estimate of drug-likeness (QED) is 0.0851. The minimum atomic E-state index is -0.564. The Morgan fingerprint density at radius 2 is 0.744 bits per heavy atom. The summed E-state index contributed by atoms with van der Waals surface area (Å²) in [5, 5.41) is 6.35. The van der Waals surface area contributed by atoms with Crippen LogP contribution >= 0.6 is 34.2 Å². The van der Waals surface area contributed by atoms with Gasteiger partial charge in [0.2, 0.25) is 11.8 Å². The van der Waals surface area contributed by atoms with E-state index in [1.165, 1.54) is 11.1 Å². The number of benzene rings is 13. The Balaban J connectivity index is 0.000000135. The zero-order valence-corrected chi connectivity index (χ0v) is 72.8. The van der Waals surface area contributed by atoms with E-state index >= 15 is 0 Å². The van der Waals surface area contributed by atoms with E-state index in [4.69, 9.17) is 25.8 Å². The summed E-state index contributed by atoms with van der Waals surface area (Å²) in [4.78, 5) is 75.8. The van der Waals surface area contributed by atoms with Gasteiger partial charge in [-0.3, -0.25) is 24.2 Å². The summed E-state index contributed by atoms with van der Waals surface area (Å²) in [6.07, 6.45) is 1.38. The summed E-state index contributed by atoms with van der Waals surface area (Å²) in [5.74, 6) is 3.23. The second kappa shape index (κ2) is 40.2. The first kappa shape index (κ1) is 87.4. The number of ether oxygens (including phenoxy) is 3. The predicted molar refractivity (Wildman–Crippen MR) is 495 cm³/mol. The highest BCUT2D eigenvalue weighted by Crippen LogP contribution is 2.46. The number of para-hydroxylation sites is 2. The number of amides is 7. The molecule has 17 heteroatoms. The maximum Gasteiger partial charge on any atom is 0.325 e. The molecule has 0 saturated carbocycles. The summed E-state index contributed by atoms with van der Waals surface area (Å²) in [7, 11) is 8.72. The molecule has 121 heavy (non-hydrogen) atoms. The molecule has 13 aromatic rings. The number of urea groups is 2. The van der Waals surface area contributed by atoms with Crippen molar-refractivity contribution in [2.75, 3.05) is 50.2 Å². The van der Waals surface area contributed by atoms with Crippen molar-refractivity contribution in [3.8, 4) is 17.2 Å². The highest BCUT2D eigenvalue weighted by molar-refractivity contribution is 14.1. The molecule has 13 aromatic carbocycles. The minimum absolute atomic E-state index is 0.0131. The zero-order valence-electron chi connectivity index (χ0n) is 69.9. The van der Waals surface area contributed by atoms with Crippen LogP contribution < -0.4 is 34.6 Å². The van der Waals surface area contributed by atoms with E-state index in [2.05, 4.69) is 145 Å². The fraction of sp³-hybridized carbons (Fsp3) is 0.192. The number of nitrogens with one attached hydrogen (secondary N) is 2. The van der Waals surface area contributed by atoms with Crippen LogP contribution in [-0.2, 0) is 74.8 Å². The van der Waals surface area contributed by atoms with Gasteiger partial charge in [0.15, 0.2) is 0 Å². The van der Waals surface area contributed by atoms with E-state index in [1.807, 2.05) is 301 Å². The lowest BCUT2D eigenvalue weighted by atomic mass is 9.77. The van der Waals surface area contributed by atoms with Gasteiger partial charge in [0.25, 0.3) is 5.91 Å². The molecule has 0 radical (unpaired) electrons. The van der Waals surface area contributed by atoms with Crippen LogP contribution in [0.3, 0.4) is 0 Å². The van der Waals surface area contributed by atoms with Crippen LogP contribution in [-0.4, -0.2) is 85.7 Å². The van der Waals surface area contributed by atoms with Crippen molar-refractivity contribution >= 4 is 81.1 Å². The van der Waals surface area contributed by atoms with E-state index in [1.54, 1.807) is 26.2 Å². The number of fused-ring (bicyclic) bond motifs is 5. The number of hydrogen-bond donors (Lipinski definition) is 2. The average molecular weight is 1740 g/mol. The Hall–Kier alpha value is -12.9. The first-order chi connectivity index (χ1) is 58.7. The van der Waals surface area contributed by atoms with Crippen LogP contribution in [0.25, 0.3) is 0 Å². The number of hydrogen-bond acceptors (Lipinski definition) is 8. The van der Waals surface area contributed by atoms with Crippen LogP contribution in [0, 0.1) is 0 Å². The lowest BCUT2D eigenvalue weighted by Crippen LogP contribution is -2.56. The van der Waals surface area contributed by atoms with Gasteiger partial charge in [-0.1, -0.05) is 320 Å². The number of methoxy groups -OCH3 is 3. The monoisotopic (exact) mass is 1740 g/mol. The lowest BCUT2D eigenvalue weighted by molar-refractivity contribution is -0.134. The fourth-order valence-electron chi connectivity index (χ4n) is 16.1. The summed E-state index contributed by atoms with van der Waals surface area (Å²) in [5.41, 5.74) is 18.4. The van der Waals surface area contributed by atoms with Crippen LogP contribution in [0.5, 0.6) is 17.2 Å². The Kier molecular flexibility index (Phi) is 29.1. The zero-order chi connectivity index (χ0) is 85.7. The molecule has 0 saturated heterocycles. The number of likely N-dealkylation sites (N-methyl/N-ethyl adjacent to an activating group) is 1. The van der Waals surface area contributed by atoms with Crippen LogP contribution in [0.15, 0.2) is 351 Å². The van der Waals surface area contributed by atoms with E-state index in [9.17, 15) is 24.0 Å². The smallest absolute Gasteiger partial charge is 0.325 e. The number of aliphatic imine (C=N–C) groups is 1. The molecule has 0 fully saturated rings. The second-order valence-corrected chi connectivity index (χ2v) is 30.5. The Morgan fingerprint density at radius 1 is 0.372 bits per heavy atom. The summed E-state index contributed by atoms with van der Waals surface area (Å²) in [6, 6.07) is 114. The molecule has 2 N–H and O–H groups in total. The molecule has 4 unspecified atom stereocenters. The minimum Gasteiger partial charge on any atom is -0.497 e. The first-order valence-electron chi connectivity index (χ1n) is 40.1. The van der Waals surface area contributed by atoms with Gasteiger partial charge in [0.05, 0.1) is 92.9 Å². The normalized spacial score (nSPS) is 18.1. The maximum atomic E-state index is 13.4. The number of carbonyl (C=O) groups excluding carboxylic acids is 5. The molecule has 4 atom stereocenters. The van der Waals surface area contributed by atoms with Crippen molar-refractivity contribution in [3.05, 3.63) is 435 Å². The molecule has 18 rings (SSSR count). The van der Waals surface area contributed by atoms with Crippen molar-refractivity contribution in [2.24, 2.45) is 4.99 Å². The van der Waals surface area contributed by atoms with Gasteiger partial charge in [-0.25, -0.2) is 14.6 Å². The van der Waals surface area contributed by atoms with Crippen molar-refractivity contribution < 1.29 is 38.2 Å². The lowest BCUT2D eigenvalue weighted by Gasteiger charge is -2.48. The number of alkyl halides is 2. The molecule has 5 heterocycles. The van der Waals surface area contributed by atoms with Crippen LogP contribution in [0.4, 0.5) is 21.0 Å². The third-order valence-electron chi connectivity index (χ3n) is 23.1. The number of carbonyl (C=O) groups is 5. The number of rotatable bonds is 13. The summed E-state index contributed by atoms with van der Waals surface area (Å²) in [6.45, 7) is 9.37. The average Bonchev–Trinajstić information content (AvgIpc) is 0.724. The highest BCUT2D eigenvalue weighted by atomic mass is 127. The van der Waals surface area contributed by atoms with E-state index < -0.39 is 16.6 Å². The molecule has 0 spiro atoms. The molecular formula is C104H101ClIN7O8. The summed E-state index contributed by atoms with van der Waals surface area (Å²) < 4.78 is 15.4. The van der Waals surface area contributed by atoms with Gasteiger partial charge in [0.1, 0.15) is 17.2 Å². The Bertz CT molecular complexity index is 5690. The fourth-order valence-corrected chi connectivity index (χ4v) is 16.3. The third-order valence-corrected chi connectivity index (χ3v) is 23.4. The standard InChI is InChI=1S/C24H24N2O2.C23H22N2O2.C17H17NO.C16H15NO.C15H11NO.C8H9ClO.CH3I/c1-24(19-9-5-4-6-10-19)21-11-7-8-12-22(21)26(23(27)25(24)2)17-18-13-15-20(28-3)16-14-18;1-23(18-8-4-3-5-9-18)20-10-6-7-11-21(20)25(22(26)24-23)16-17-12-14-19(27-2)15-13-17;1-17(14-9-4-3-5-10-14)15-11-7-6-8-13(15)12-16(19)18(17)2;1-16(13-8-3-2-4-9-13)14-10-6-5-7-12(14)11-15(18)17-16;17-14-10-12-8-4-5-9-13(12)15(16-14)11-6-2-1-3-7-11;1-10-8-4-2-7(6-9)3-5-8;1-2/h4-16H,17H2,1-3H3;3-15H,16H2,1-2H3,(H,24,26);3-11H,12H2,1-2H3;2-10H,11H2,1H3,(H,17,18);1-9H,10H2;2-5H,6H2,1H3;1H3. The van der Waals surface area contributed by atoms with E-state index in [-0.39, 0.29) is 35.3 Å². The number of halogens is 2. The molecule has 7 amide bonds. The highest BCUT2D eigenvalue weighted by Gasteiger charge is 2.46. The number of nitrogens with zero attached hydrogens (tertiary/aromatic N) is 5. The molecular weight excluding hydrogens is 1640 g/mol. The second-order valence-electron chi connectivity index (χ2n) is 30.2. The van der Waals surface area contributed by atoms with E-state index in [0.717, 1.165) is 112 Å². The van der Waals surface area contributed by atoms with Gasteiger partial charge in [-0.15, -0.1) is 11.6 Å². The Labute approximate surface area is 729 Å². The molecule has 0 bridgehead atoms. The molecule has 614 valence electrons. The number of anilines is 2. The van der Waals surface area contributed by atoms with Crippen molar-refractivity contribution in [1.29, 1.82) is 0 Å². The van der Waals surface area contributed by atoms with Crippen LogP contribution in [0.1, 0.15) is 117 Å². The largest absolute Gasteiger partial charge is 0.497 e. The molecule has 5 aliphatic heterocycles. The van der Waals surface area contributed by atoms with Gasteiger partial charge in [0, 0.05) is 42.2 Å². The maximum absolute atomic E-state index is 13.4. The SMILES string of the molecule is CC1(c2ccccc2)NC(=O)Cc2ccccc21.CI.CN1C(=O)Cc2ccccc2C1(C)c1ccccc1.COc1ccc(CCl)cc1.COc1ccc(CN2C(=O)N(C)C(C)(c3ccccc3)c3ccccc32)cc1.COc1ccc(CN2C(=O)NC(C)(c3ccccc3)c3ccccc32)cc1.O=C1Cc2ccccc2C(c2ccccc2)=N1. The van der Waals surface area contributed by atoms with Crippen molar-refractivity contribution in [2.45, 2.75) is 88.1 Å². The van der Waals surface area contributed by atoms with Crippen molar-refractivity contribution in [1.82, 2.24) is 20.4 Å². The van der Waals surface area contributed by atoms with E-state index in [0.29, 0.717) is 38.2 Å². The molecule has 15 nitrogen and oxygen atoms in total. The van der Waals surface area contributed by atoms with Crippen LogP contribution in [0.2, 0.25) is 0 Å². The van der Waals surface area contributed by atoms with Gasteiger partial charge in [-0.05, 0) is 148 Å². The molecule has 0 aliphatic carbocycles. The third kappa shape index (κ3) is 19.5. The molecule has 5 aliphatic rings. The topological polar surface area (TPSA) is 162 Å². The summed E-state index contributed by atoms with van der Waals surface area (Å²) >= 11 is 7.73.